The van der Waals surface area contributed by atoms with Gasteiger partial charge in [0.1, 0.15) is 0 Å². The largest absolute Gasteiger partial charge is 0.309 e. The molecule has 3 heteroatoms. The van der Waals surface area contributed by atoms with Gasteiger partial charge >= 0.3 is 0 Å². The summed E-state index contributed by atoms with van der Waals surface area (Å²) in [7, 11) is 0. The van der Waals surface area contributed by atoms with Crippen molar-refractivity contribution in [3.8, 4) is 50.4 Å². The van der Waals surface area contributed by atoms with Crippen LogP contribution < -0.4 is 0 Å². The molecule has 3 nitrogen and oxygen atoms in total. The Balaban J connectivity index is 0.000000823. The molecule has 0 radical (unpaired) electrons. The van der Waals surface area contributed by atoms with Crippen molar-refractivity contribution in [2.75, 3.05) is 0 Å². The Kier molecular flexibility index (Phi) is 30.6. The number of benzene rings is 10. The molecule has 0 aliphatic rings. The zero-order chi connectivity index (χ0) is 61.4. The molecule has 0 unspecified atom stereocenters. The second kappa shape index (κ2) is 36.9. The Morgan fingerprint density at radius 2 is 0.325 bits per heavy atom. The Hall–Kier alpha value is -8.40. The Morgan fingerprint density at radius 1 is 0.157 bits per heavy atom. The minimum Gasteiger partial charge on any atom is -0.309 e. The molecule has 3 heterocycles. The highest BCUT2D eigenvalue weighted by Gasteiger charge is 2.17. The van der Waals surface area contributed by atoms with Crippen molar-refractivity contribution in [3.63, 3.8) is 0 Å². The van der Waals surface area contributed by atoms with Gasteiger partial charge in [-0.15, -0.1) is 0 Å². The molecule has 0 saturated heterocycles. The molecule has 434 valence electrons. The molecule has 13 rings (SSSR count). The minimum absolute atomic E-state index is 1.14. The molecule has 0 N–H and O–H groups in total. The summed E-state index contributed by atoms with van der Waals surface area (Å²) in [6.07, 6.45) is 0. The lowest BCUT2D eigenvalue weighted by molar-refractivity contribution is 1.18. The zero-order valence-corrected chi connectivity index (χ0v) is 54.4. The Labute approximate surface area is 501 Å². The van der Waals surface area contributed by atoms with E-state index in [4.69, 9.17) is 0 Å². The third-order valence-corrected chi connectivity index (χ3v) is 13.0. The average Bonchev–Trinajstić information content (AvgIpc) is 3.70. The van der Waals surface area contributed by atoms with Crippen molar-refractivity contribution in [1.29, 1.82) is 0 Å². The molecular weight excluding hydrogens is 1000 g/mol. The van der Waals surface area contributed by atoms with Crippen LogP contribution in [0.4, 0.5) is 0 Å². The fourth-order valence-electron chi connectivity index (χ4n) is 10.2. The molecule has 0 aliphatic carbocycles. The number of para-hydroxylation sites is 6. The summed E-state index contributed by atoms with van der Waals surface area (Å²) >= 11 is 0. The molecule has 0 atom stereocenters. The van der Waals surface area contributed by atoms with Crippen molar-refractivity contribution in [2.45, 2.75) is 138 Å². The van der Waals surface area contributed by atoms with E-state index in [2.05, 4.69) is 250 Å². The van der Waals surface area contributed by atoms with Crippen LogP contribution >= 0.6 is 0 Å². The van der Waals surface area contributed by atoms with Gasteiger partial charge in [0.05, 0.1) is 33.1 Å². The molecule has 10 aromatic carbocycles. The van der Waals surface area contributed by atoms with Crippen molar-refractivity contribution in [1.82, 2.24) is 13.7 Å². The molecule has 0 saturated carbocycles. The zero-order valence-electron chi connectivity index (χ0n) is 54.4. The van der Waals surface area contributed by atoms with Gasteiger partial charge in [0.25, 0.3) is 0 Å². The van der Waals surface area contributed by atoms with E-state index >= 15 is 0 Å². The maximum absolute atomic E-state index is 2.41. The lowest BCUT2D eigenvalue weighted by Gasteiger charge is -2.15. The standard InChI is InChI=1S/C60H39N3.10C2H6/c1-7-28-55-49(22-1)50-23-2-8-29-56(50)61(55)46-19-13-16-40(37-46)43-34-44(41-17-14-20-47(38-41)62-57-30-9-3-24-51(57)52-25-4-10-31-58(52)62)36-45(35-43)42-18-15-21-48(39-42)63-59-32-11-5-26-53(59)54-27-6-12-33-60(54)63;10*1-2/h1-39H;10*1-2H3. The molecule has 3 aromatic heterocycles. The first-order valence-corrected chi connectivity index (χ1v) is 31.7. The minimum atomic E-state index is 1.14. The SMILES string of the molecule is CC.CC.CC.CC.CC.CC.CC.CC.CC.CC.c1cc(-c2cc(-c3cccc(-n4c5ccccc5c5ccccc54)c3)cc(-c3cccc(-n4c5ccccc5c5ccccc54)c3)c2)cc(-n2c3ccccc3c3ccccc32)c1. The van der Waals surface area contributed by atoms with Crippen LogP contribution in [0.25, 0.3) is 116 Å². The molecule has 0 bridgehead atoms. The monoisotopic (exact) mass is 1100 g/mol. The van der Waals surface area contributed by atoms with E-state index in [0.717, 1.165) is 50.4 Å². The Bertz CT molecular complexity index is 3350. The van der Waals surface area contributed by atoms with Gasteiger partial charge in [-0.25, -0.2) is 0 Å². The summed E-state index contributed by atoms with van der Waals surface area (Å²) in [5.74, 6) is 0. The fourth-order valence-corrected chi connectivity index (χ4v) is 10.2. The summed E-state index contributed by atoms with van der Waals surface area (Å²) < 4.78 is 7.22. The summed E-state index contributed by atoms with van der Waals surface area (Å²) in [4.78, 5) is 0. The highest BCUT2D eigenvalue weighted by atomic mass is 15.0. The van der Waals surface area contributed by atoms with Crippen LogP contribution in [0, 0.1) is 0 Å². The summed E-state index contributed by atoms with van der Waals surface area (Å²) in [6.45, 7) is 40.0. The van der Waals surface area contributed by atoms with E-state index in [1.54, 1.807) is 0 Å². The lowest BCUT2D eigenvalue weighted by atomic mass is 9.93. The van der Waals surface area contributed by atoms with Gasteiger partial charge in [-0.3, -0.25) is 0 Å². The van der Waals surface area contributed by atoms with E-state index in [1.807, 2.05) is 138 Å². The quantitative estimate of drug-likeness (QED) is 0.158. The highest BCUT2D eigenvalue weighted by Crippen LogP contribution is 2.40. The van der Waals surface area contributed by atoms with Gasteiger partial charge < -0.3 is 13.7 Å². The predicted molar refractivity (Wildman–Crippen MR) is 379 cm³/mol. The second-order valence-electron chi connectivity index (χ2n) is 16.6. The predicted octanol–water partition coefficient (Wildman–Crippen LogP) is 26.2. The summed E-state index contributed by atoms with van der Waals surface area (Å²) in [5, 5.41) is 7.55. The molecule has 0 spiro atoms. The number of aromatic nitrogens is 3. The van der Waals surface area contributed by atoms with E-state index in [9.17, 15) is 0 Å². The first-order valence-electron chi connectivity index (χ1n) is 31.7. The smallest absolute Gasteiger partial charge is 0.0541 e. The van der Waals surface area contributed by atoms with Gasteiger partial charge in [-0.2, -0.15) is 0 Å². The van der Waals surface area contributed by atoms with Crippen molar-refractivity contribution < 1.29 is 0 Å². The summed E-state index contributed by atoms with van der Waals surface area (Å²) in [6, 6.07) is 86.6. The van der Waals surface area contributed by atoms with Gasteiger partial charge in [-0.05, 0) is 124 Å². The van der Waals surface area contributed by atoms with Crippen LogP contribution in [0.15, 0.2) is 237 Å². The van der Waals surface area contributed by atoms with E-state index in [-0.39, 0.29) is 0 Å². The fraction of sp³-hybridized carbons (Fsp3) is 0.250. The lowest BCUT2D eigenvalue weighted by Crippen LogP contribution is -1.96. The van der Waals surface area contributed by atoms with Crippen LogP contribution in [-0.2, 0) is 0 Å². The molecular formula is C80H99N3. The number of nitrogens with zero attached hydrogens (tertiary/aromatic N) is 3. The van der Waals surface area contributed by atoms with Crippen molar-refractivity contribution >= 4 is 65.4 Å². The van der Waals surface area contributed by atoms with Crippen LogP contribution in [0.2, 0.25) is 0 Å². The third kappa shape index (κ3) is 14.8. The first-order chi connectivity index (χ1) is 41.2. The second-order valence-corrected chi connectivity index (χ2v) is 16.6. The van der Waals surface area contributed by atoms with Gasteiger partial charge in [0.2, 0.25) is 0 Å². The maximum Gasteiger partial charge on any atom is 0.0541 e. The maximum atomic E-state index is 2.41. The average molecular weight is 1100 g/mol. The highest BCUT2D eigenvalue weighted by molar-refractivity contribution is 6.11. The molecule has 0 fully saturated rings. The molecule has 13 aromatic rings. The third-order valence-electron chi connectivity index (χ3n) is 13.0. The van der Waals surface area contributed by atoms with Crippen LogP contribution in [0.5, 0.6) is 0 Å². The summed E-state index contributed by atoms with van der Waals surface area (Å²) in [5.41, 5.74) is 17.6. The Morgan fingerprint density at radius 3 is 0.506 bits per heavy atom. The van der Waals surface area contributed by atoms with E-state index in [1.165, 1.54) is 65.4 Å². The van der Waals surface area contributed by atoms with Crippen LogP contribution in [0.3, 0.4) is 0 Å². The number of rotatable bonds is 6. The number of fused-ring (bicyclic) bond motifs is 9. The van der Waals surface area contributed by atoms with E-state index in [0.29, 0.717) is 0 Å². The first kappa shape index (κ1) is 68.9. The van der Waals surface area contributed by atoms with Crippen LogP contribution in [-0.4, -0.2) is 13.7 Å². The van der Waals surface area contributed by atoms with Gasteiger partial charge in [0, 0.05) is 49.4 Å². The van der Waals surface area contributed by atoms with Gasteiger partial charge in [0.15, 0.2) is 0 Å². The number of hydrogen-bond acceptors (Lipinski definition) is 0. The normalized spacial score (nSPS) is 9.69. The van der Waals surface area contributed by atoms with Crippen molar-refractivity contribution in [3.05, 3.63) is 237 Å². The van der Waals surface area contributed by atoms with Crippen molar-refractivity contribution in [2.24, 2.45) is 0 Å². The van der Waals surface area contributed by atoms with Crippen LogP contribution in [0.1, 0.15) is 138 Å². The molecule has 0 amide bonds. The number of hydrogen-bond donors (Lipinski definition) is 0. The van der Waals surface area contributed by atoms with Gasteiger partial charge in [-0.1, -0.05) is 284 Å². The van der Waals surface area contributed by atoms with E-state index < -0.39 is 0 Å². The molecule has 0 aliphatic heterocycles. The molecule has 83 heavy (non-hydrogen) atoms. The topological polar surface area (TPSA) is 14.8 Å².